The summed E-state index contributed by atoms with van der Waals surface area (Å²) in [5, 5.41) is 3.94. The maximum Gasteiger partial charge on any atom is 0.0446 e. The molecule has 108 valence electrons. The van der Waals surface area contributed by atoms with Crippen molar-refractivity contribution >= 4 is 0 Å². The Labute approximate surface area is 122 Å². The first kappa shape index (κ1) is 12.8. The fraction of sp³-hybridized carbons (Fsp3) is 0.667. The summed E-state index contributed by atoms with van der Waals surface area (Å²) in [7, 11) is 0. The predicted molar refractivity (Wildman–Crippen MR) is 82.2 cm³/mol. The highest BCUT2D eigenvalue weighted by Gasteiger charge is 2.48. The van der Waals surface area contributed by atoms with Crippen LogP contribution in [0.15, 0.2) is 30.3 Å². The van der Waals surface area contributed by atoms with Gasteiger partial charge >= 0.3 is 0 Å². The first-order valence-corrected chi connectivity index (χ1v) is 8.34. The topological polar surface area (TPSA) is 38.0 Å². The van der Waals surface area contributed by atoms with Gasteiger partial charge in [-0.15, -0.1) is 0 Å². The lowest BCUT2D eigenvalue weighted by atomic mass is 9.54. The second kappa shape index (κ2) is 5.16. The average Bonchev–Trinajstić information content (AvgIpc) is 2.47. The van der Waals surface area contributed by atoms with Gasteiger partial charge in [0.25, 0.3) is 0 Å². The molecule has 0 spiro atoms. The van der Waals surface area contributed by atoms with Crippen molar-refractivity contribution in [3.05, 3.63) is 35.9 Å². The van der Waals surface area contributed by atoms with Crippen LogP contribution in [0.2, 0.25) is 0 Å². The molecular weight excluding hydrogens is 244 g/mol. The van der Waals surface area contributed by atoms with Crippen LogP contribution < -0.4 is 11.1 Å². The molecule has 1 aromatic rings. The Balaban J connectivity index is 1.50. The van der Waals surface area contributed by atoms with E-state index in [1.165, 1.54) is 37.7 Å². The van der Waals surface area contributed by atoms with E-state index in [9.17, 15) is 0 Å². The van der Waals surface area contributed by atoms with E-state index in [0.29, 0.717) is 12.6 Å². The maximum atomic E-state index is 6.05. The number of rotatable bonds is 4. The number of hydrogen-bond donors (Lipinski definition) is 2. The monoisotopic (exact) mass is 270 g/mol. The smallest absolute Gasteiger partial charge is 0.0446 e. The van der Waals surface area contributed by atoms with Gasteiger partial charge in [-0.05, 0) is 61.3 Å². The van der Waals surface area contributed by atoms with E-state index in [1.807, 2.05) is 0 Å². The fourth-order valence-electron chi connectivity index (χ4n) is 5.42. The Bertz CT molecular complexity index is 428. The molecule has 4 saturated carbocycles. The quantitative estimate of drug-likeness (QED) is 0.882. The normalized spacial score (nSPS) is 40.0. The second-order valence-electron chi connectivity index (χ2n) is 7.32. The van der Waals surface area contributed by atoms with Crippen molar-refractivity contribution in [3.63, 3.8) is 0 Å². The lowest BCUT2D eigenvalue weighted by Gasteiger charge is -2.55. The van der Waals surface area contributed by atoms with Crippen LogP contribution in [0, 0.1) is 23.7 Å². The number of benzene rings is 1. The van der Waals surface area contributed by atoms with Gasteiger partial charge in [0, 0.05) is 18.6 Å². The van der Waals surface area contributed by atoms with E-state index in [1.54, 1.807) is 0 Å². The summed E-state index contributed by atoms with van der Waals surface area (Å²) in [5.41, 5.74) is 7.40. The Morgan fingerprint density at radius 2 is 1.55 bits per heavy atom. The zero-order chi connectivity index (χ0) is 13.5. The van der Waals surface area contributed by atoms with Crippen LogP contribution in [0.4, 0.5) is 0 Å². The van der Waals surface area contributed by atoms with Crippen LogP contribution in [-0.4, -0.2) is 12.6 Å². The lowest BCUT2D eigenvalue weighted by molar-refractivity contribution is -0.0174. The molecule has 1 unspecified atom stereocenters. The van der Waals surface area contributed by atoms with E-state index in [2.05, 4.69) is 35.6 Å². The molecule has 1 atom stereocenters. The van der Waals surface area contributed by atoms with E-state index in [4.69, 9.17) is 5.73 Å². The third-order valence-corrected chi connectivity index (χ3v) is 6.06. The van der Waals surface area contributed by atoms with Crippen molar-refractivity contribution in [2.45, 2.75) is 44.2 Å². The number of hydrogen-bond acceptors (Lipinski definition) is 2. The molecular formula is C18H26N2. The highest BCUT2D eigenvalue weighted by atomic mass is 15.0. The minimum atomic E-state index is 0.332. The van der Waals surface area contributed by atoms with Crippen molar-refractivity contribution in [2.75, 3.05) is 6.54 Å². The standard InChI is InChI=1S/C18H26N2/c19-11-17(14-4-2-1-3-5-14)20-18-15-7-12-6-13(9-15)10-16(18)8-12/h1-5,12-13,15-18,20H,6-11,19H2. The Hall–Kier alpha value is -0.860. The Morgan fingerprint density at radius 1 is 0.950 bits per heavy atom. The summed E-state index contributed by atoms with van der Waals surface area (Å²) in [6, 6.07) is 11.8. The predicted octanol–water partition coefficient (Wildman–Crippen LogP) is 3.10. The summed E-state index contributed by atoms with van der Waals surface area (Å²) < 4.78 is 0. The van der Waals surface area contributed by atoms with Gasteiger partial charge in [0.05, 0.1) is 0 Å². The second-order valence-corrected chi connectivity index (χ2v) is 7.32. The van der Waals surface area contributed by atoms with E-state index in [-0.39, 0.29) is 0 Å². The Morgan fingerprint density at radius 3 is 2.10 bits per heavy atom. The lowest BCUT2D eigenvalue weighted by Crippen LogP contribution is -2.55. The van der Waals surface area contributed by atoms with Crippen LogP contribution >= 0.6 is 0 Å². The van der Waals surface area contributed by atoms with Crippen LogP contribution in [0.5, 0.6) is 0 Å². The SMILES string of the molecule is NCC(NC1C2CC3CC(C2)CC1C3)c1ccccc1. The summed E-state index contributed by atoms with van der Waals surface area (Å²) in [6.07, 6.45) is 7.40. The summed E-state index contributed by atoms with van der Waals surface area (Å²) in [6.45, 7) is 0.701. The number of nitrogens with one attached hydrogen (secondary N) is 1. The third-order valence-electron chi connectivity index (χ3n) is 6.06. The molecule has 3 N–H and O–H groups in total. The summed E-state index contributed by atoms with van der Waals surface area (Å²) >= 11 is 0. The van der Waals surface area contributed by atoms with Crippen molar-refractivity contribution in [1.82, 2.24) is 5.32 Å². The molecule has 20 heavy (non-hydrogen) atoms. The fourth-order valence-corrected chi connectivity index (χ4v) is 5.42. The molecule has 5 rings (SSSR count). The van der Waals surface area contributed by atoms with Crippen LogP contribution in [0.25, 0.3) is 0 Å². The molecule has 4 aliphatic carbocycles. The van der Waals surface area contributed by atoms with Gasteiger partial charge in [-0.3, -0.25) is 0 Å². The minimum Gasteiger partial charge on any atom is -0.329 e. The molecule has 4 bridgehead atoms. The molecule has 1 aromatic carbocycles. The average molecular weight is 270 g/mol. The highest BCUT2D eigenvalue weighted by Crippen LogP contribution is 2.54. The van der Waals surface area contributed by atoms with Crippen LogP contribution in [0.1, 0.15) is 43.7 Å². The zero-order valence-corrected chi connectivity index (χ0v) is 12.2. The molecule has 0 aliphatic heterocycles. The highest BCUT2D eigenvalue weighted by molar-refractivity contribution is 5.20. The molecule has 0 aromatic heterocycles. The number of nitrogens with two attached hydrogens (primary N) is 1. The van der Waals surface area contributed by atoms with Gasteiger partial charge in [0.2, 0.25) is 0 Å². The minimum absolute atomic E-state index is 0.332. The third kappa shape index (κ3) is 2.19. The first-order chi connectivity index (χ1) is 9.83. The maximum absolute atomic E-state index is 6.05. The summed E-state index contributed by atoms with van der Waals surface area (Å²) in [4.78, 5) is 0. The van der Waals surface area contributed by atoms with Gasteiger partial charge in [-0.2, -0.15) is 0 Å². The van der Waals surface area contributed by atoms with Gasteiger partial charge in [-0.1, -0.05) is 30.3 Å². The van der Waals surface area contributed by atoms with Crippen molar-refractivity contribution in [2.24, 2.45) is 29.4 Å². The molecule has 2 heteroatoms. The van der Waals surface area contributed by atoms with Crippen LogP contribution in [-0.2, 0) is 0 Å². The Kier molecular flexibility index (Phi) is 3.31. The molecule has 2 nitrogen and oxygen atoms in total. The zero-order valence-electron chi connectivity index (χ0n) is 12.2. The summed E-state index contributed by atoms with van der Waals surface area (Å²) in [5.74, 6) is 3.93. The molecule has 0 heterocycles. The van der Waals surface area contributed by atoms with Crippen LogP contribution in [0.3, 0.4) is 0 Å². The largest absolute Gasteiger partial charge is 0.329 e. The van der Waals surface area contributed by atoms with E-state index >= 15 is 0 Å². The molecule has 0 amide bonds. The van der Waals surface area contributed by atoms with Gasteiger partial charge < -0.3 is 11.1 Å². The molecule has 0 saturated heterocycles. The first-order valence-electron chi connectivity index (χ1n) is 8.34. The van der Waals surface area contributed by atoms with Gasteiger partial charge in [0.1, 0.15) is 0 Å². The van der Waals surface area contributed by atoms with E-state index in [0.717, 1.165) is 29.7 Å². The van der Waals surface area contributed by atoms with Crippen molar-refractivity contribution in [1.29, 1.82) is 0 Å². The van der Waals surface area contributed by atoms with Crippen molar-refractivity contribution in [3.8, 4) is 0 Å². The molecule has 4 aliphatic rings. The van der Waals surface area contributed by atoms with E-state index < -0.39 is 0 Å². The van der Waals surface area contributed by atoms with Crippen molar-refractivity contribution < 1.29 is 0 Å². The molecule has 4 fully saturated rings. The van der Waals surface area contributed by atoms with Gasteiger partial charge in [-0.25, -0.2) is 0 Å². The van der Waals surface area contributed by atoms with Gasteiger partial charge in [0.15, 0.2) is 0 Å². The molecule has 0 radical (unpaired) electrons.